The van der Waals surface area contributed by atoms with Crippen LogP contribution in [0, 0.1) is 0 Å². The zero-order valence-electron chi connectivity index (χ0n) is 16.1. The molecule has 6 nitrogen and oxygen atoms in total. The number of carbonyl (C=O) groups excluding carboxylic acids is 1. The van der Waals surface area contributed by atoms with Crippen molar-refractivity contribution in [3.05, 3.63) is 70.7 Å². The van der Waals surface area contributed by atoms with E-state index in [-0.39, 0.29) is 30.4 Å². The number of amides is 1. The average molecular weight is 467 g/mol. The van der Waals surface area contributed by atoms with Gasteiger partial charge in [0.2, 0.25) is 15.9 Å². The van der Waals surface area contributed by atoms with E-state index in [1.165, 1.54) is 18.2 Å². The Balaban J connectivity index is 1.59. The van der Waals surface area contributed by atoms with E-state index in [0.29, 0.717) is 5.02 Å². The molecule has 0 saturated heterocycles. The van der Waals surface area contributed by atoms with Gasteiger partial charge in [0.05, 0.1) is 28.5 Å². The Bertz CT molecular complexity index is 1160. The number of fused-ring (bicyclic) bond motifs is 1. The number of benzene rings is 3. The van der Waals surface area contributed by atoms with Crippen LogP contribution in [0.15, 0.2) is 60.7 Å². The summed E-state index contributed by atoms with van der Waals surface area (Å²) in [6.45, 7) is 0.0808. The van der Waals surface area contributed by atoms with Crippen LogP contribution in [-0.2, 0) is 14.8 Å². The molecule has 158 valence electrons. The maximum absolute atomic E-state index is 12.3. The molecule has 0 aliphatic heterocycles. The number of rotatable bonds is 8. The van der Waals surface area contributed by atoms with Gasteiger partial charge in [-0.25, -0.2) is 8.42 Å². The molecular weight excluding hydrogens is 447 g/mol. The average Bonchev–Trinajstić information content (AvgIpc) is 2.71. The van der Waals surface area contributed by atoms with Crippen LogP contribution in [0.3, 0.4) is 0 Å². The fourth-order valence-electron chi connectivity index (χ4n) is 2.90. The molecule has 0 aromatic heterocycles. The first-order valence-corrected chi connectivity index (χ1v) is 11.7. The van der Waals surface area contributed by atoms with Gasteiger partial charge < -0.3 is 10.1 Å². The van der Waals surface area contributed by atoms with Crippen LogP contribution in [0.25, 0.3) is 10.8 Å². The summed E-state index contributed by atoms with van der Waals surface area (Å²) in [7, 11) is -3.70. The number of nitrogens with zero attached hydrogens (tertiary/aromatic N) is 1. The number of nitrogens with one attached hydrogen (secondary N) is 1. The molecule has 30 heavy (non-hydrogen) atoms. The van der Waals surface area contributed by atoms with Crippen molar-refractivity contribution in [1.82, 2.24) is 5.32 Å². The number of ether oxygens (including phenoxy) is 1. The van der Waals surface area contributed by atoms with Crippen molar-refractivity contribution in [3.63, 3.8) is 0 Å². The summed E-state index contributed by atoms with van der Waals surface area (Å²) in [4.78, 5) is 12.3. The highest BCUT2D eigenvalue weighted by atomic mass is 35.5. The lowest BCUT2D eigenvalue weighted by molar-refractivity contribution is -0.119. The van der Waals surface area contributed by atoms with E-state index in [9.17, 15) is 13.2 Å². The van der Waals surface area contributed by atoms with Gasteiger partial charge in [-0.2, -0.15) is 0 Å². The van der Waals surface area contributed by atoms with Gasteiger partial charge in [0, 0.05) is 5.39 Å². The van der Waals surface area contributed by atoms with Crippen LogP contribution >= 0.6 is 23.2 Å². The standard InChI is InChI=1S/C21H20Cl2N2O4S/c1-30(27,28)25(16-9-10-18(22)19(23)13-16)14-21(26)24-11-12-29-20-8-4-6-15-5-2-3-7-17(15)20/h2-10,13H,11-12,14H2,1H3,(H,24,26). The van der Waals surface area contributed by atoms with Crippen molar-refractivity contribution in [2.75, 3.05) is 30.3 Å². The molecular formula is C21H20Cl2N2O4S. The maximum Gasteiger partial charge on any atom is 0.240 e. The number of sulfonamides is 1. The number of hydrogen-bond donors (Lipinski definition) is 1. The molecule has 0 atom stereocenters. The van der Waals surface area contributed by atoms with Crippen LogP contribution in [0.4, 0.5) is 5.69 Å². The molecule has 0 bridgehead atoms. The SMILES string of the molecule is CS(=O)(=O)N(CC(=O)NCCOc1cccc2ccccc12)c1ccc(Cl)c(Cl)c1. The van der Waals surface area contributed by atoms with E-state index >= 15 is 0 Å². The molecule has 9 heteroatoms. The van der Waals surface area contributed by atoms with Crippen LogP contribution < -0.4 is 14.4 Å². The summed E-state index contributed by atoms with van der Waals surface area (Å²) in [6, 6.07) is 18.0. The molecule has 0 fully saturated rings. The Morgan fingerprint density at radius 1 is 1.03 bits per heavy atom. The summed E-state index contributed by atoms with van der Waals surface area (Å²) >= 11 is 11.9. The lowest BCUT2D eigenvalue weighted by Gasteiger charge is -2.22. The van der Waals surface area contributed by atoms with Crippen molar-refractivity contribution in [2.24, 2.45) is 0 Å². The molecule has 0 aliphatic carbocycles. The first-order valence-electron chi connectivity index (χ1n) is 9.06. The number of anilines is 1. The minimum absolute atomic E-state index is 0.201. The van der Waals surface area contributed by atoms with Crippen LogP contribution in [0.1, 0.15) is 0 Å². The van der Waals surface area contributed by atoms with E-state index in [2.05, 4.69) is 5.32 Å². The normalized spacial score (nSPS) is 11.3. The highest BCUT2D eigenvalue weighted by molar-refractivity contribution is 7.92. The van der Waals surface area contributed by atoms with Gasteiger partial charge in [0.25, 0.3) is 0 Å². The van der Waals surface area contributed by atoms with Gasteiger partial charge >= 0.3 is 0 Å². The molecule has 0 spiro atoms. The van der Waals surface area contributed by atoms with Crippen molar-refractivity contribution < 1.29 is 17.9 Å². The molecule has 1 N–H and O–H groups in total. The predicted molar refractivity (Wildman–Crippen MR) is 121 cm³/mol. The van der Waals surface area contributed by atoms with Gasteiger partial charge in [-0.15, -0.1) is 0 Å². The molecule has 3 aromatic carbocycles. The summed E-state index contributed by atoms with van der Waals surface area (Å²) < 4.78 is 31.0. The van der Waals surface area contributed by atoms with Crippen LogP contribution in [-0.4, -0.2) is 40.3 Å². The van der Waals surface area contributed by atoms with E-state index in [1.54, 1.807) is 0 Å². The Morgan fingerprint density at radius 2 is 1.77 bits per heavy atom. The maximum atomic E-state index is 12.3. The highest BCUT2D eigenvalue weighted by Crippen LogP contribution is 2.28. The Kier molecular flexibility index (Phi) is 7.07. The molecule has 3 rings (SSSR count). The Labute approximate surface area is 185 Å². The van der Waals surface area contributed by atoms with Crippen LogP contribution in [0.2, 0.25) is 10.0 Å². The lowest BCUT2D eigenvalue weighted by Crippen LogP contribution is -2.41. The van der Waals surface area contributed by atoms with Gasteiger partial charge in [-0.1, -0.05) is 59.6 Å². The number of carbonyl (C=O) groups is 1. The third kappa shape index (κ3) is 5.56. The second kappa shape index (κ2) is 9.55. The van der Waals surface area contributed by atoms with Gasteiger partial charge in [-0.05, 0) is 29.7 Å². The zero-order chi connectivity index (χ0) is 21.7. The molecule has 0 radical (unpaired) electrons. The van der Waals surface area contributed by atoms with E-state index in [0.717, 1.165) is 27.1 Å². The fraction of sp³-hybridized carbons (Fsp3) is 0.190. The first kappa shape index (κ1) is 22.2. The summed E-state index contributed by atoms with van der Waals surface area (Å²) in [5.74, 6) is 0.254. The second-order valence-electron chi connectivity index (χ2n) is 6.54. The molecule has 0 saturated carbocycles. The Morgan fingerprint density at radius 3 is 2.50 bits per heavy atom. The quantitative estimate of drug-likeness (QED) is 0.506. The number of hydrogen-bond acceptors (Lipinski definition) is 4. The van der Waals surface area contributed by atoms with Crippen molar-refractivity contribution in [1.29, 1.82) is 0 Å². The topological polar surface area (TPSA) is 75.7 Å². The minimum atomic E-state index is -3.70. The van der Waals surface area contributed by atoms with Crippen molar-refractivity contribution >= 4 is 55.6 Å². The second-order valence-corrected chi connectivity index (χ2v) is 9.26. The van der Waals surface area contributed by atoms with Gasteiger partial charge in [-0.3, -0.25) is 9.10 Å². The monoisotopic (exact) mass is 466 g/mol. The first-order chi connectivity index (χ1) is 14.3. The largest absolute Gasteiger partial charge is 0.491 e. The van der Waals surface area contributed by atoms with Crippen molar-refractivity contribution in [2.45, 2.75) is 0 Å². The summed E-state index contributed by atoms with van der Waals surface area (Å²) in [5, 5.41) is 5.21. The Hall–Kier alpha value is -2.48. The van der Waals surface area contributed by atoms with E-state index in [1.807, 2.05) is 42.5 Å². The van der Waals surface area contributed by atoms with E-state index in [4.69, 9.17) is 27.9 Å². The van der Waals surface area contributed by atoms with Gasteiger partial charge in [0.15, 0.2) is 0 Å². The van der Waals surface area contributed by atoms with Crippen LogP contribution in [0.5, 0.6) is 5.75 Å². The molecule has 3 aromatic rings. The van der Waals surface area contributed by atoms with Gasteiger partial charge in [0.1, 0.15) is 18.9 Å². The molecule has 0 aliphatic rings. The molecule has 1 amide bonds. The third-order valence-electron chi connectivity index (χ3n) is 4.31. The lowest BCUT2D eigenvalue weighted by atomic mass is 10.1. The van der Waals surface area contributed by atoms with Crippen molar-refractivity contribution in [3.8, 4) is 5.75 Å². The van der Waals surface area contributed by atoms with E-state index < -0.39 is 15.9 Å². The summed E-state index contributed by atoms with van der Waals surface area (Å²) in [5.41, 5.74) is 0.258. The smallest absolute Gasteiger partial charge is 0.240 e. The number of halogens is 2. The predicted octanol–water partition coefficient (Wildman–Crippen LogP) is 4.11. The molecule has 0 heterocycles. The third-order valence-corrected chi connectivity index (χ3v) is 6.19. The fourth-order valence-corrected chi connectivity index (χ4v) is 4.04. The highest BCUT2D eigenvalue weighted by Gasteiger charge is 2.21. The zero-order valence-corrected chi connectivity index (χ0v) is 18.5. The minimum Gasteiger partial charge on any atom is -0.491 e. The summed E-state index contributed by atoms with van der Waals surface area (Å²) in [6.07, 6.45) is 1.02. The molecule has 0 unspecified atom stereocenters.